The Bertz CT molecular complexity index is 308. The van der Waals surface area contributed by atoms with Crippen molar-refractivity contribution in [1.29, 1.82) is 0 Å². The Hall–Kier alpha value is -0.380. The average molecular weight is 266 g/mol. The number of carbonyl (C=O) groups is 1. The molecule has 17 heavy (non-hydrogen) atoms. The molecular formula is C11H23O5P. The SMILES string of the molecule is CC(C)OC(=O)C(C(C)C)(C(C)C)P(=O)(O)O. The van der Waals surface area contributed by atoms with Crippen molar-refractivity contribution in [3.63, 3.8) is 0 Å². The number of rotatable bonds is 5. The maximum atomic E-state index is 12.1. The molecule has 0 aromatic rings. The van der Waals surface area contributed by atoms with Crippen molar-refractivity contribution in [2.45, 2.75) is 52.8 Å². The summed E-state index contributed by atoms with van der Waals surface area (Å²) < 4.78 is 16.8. The Morgan fingerprint density at radius 3 is 1.59 bits per heavy atom. The van der Waals surface area contributed by atoms with Gasteiger partial charge in [-0.05, 0) is 25.7 Å². The van der Waals surface area contributed by atoms with E-state index in [4.69, 9.17) is 4.74 Å². The summed E-state index contributed by atoms with van der Waals surface area (Å²) in [6.45, 7) is 9.81. The van der Waals surface area contributed by atoms with Crippen LogP contribution in [0.1, 0.15) is 41.5 Å². The van der Waals surface area contributed by atoms with Crippen molar-refractivity contribution in [2.75, 3.05) is 0 Å². The summed E-state index contributed by atoms with van der Waals surface area (Å²) in [6, 6.07) is 0. The van der Waals surface area contributed by atoms with Crippen LogP contribution in [0.15, 0.2) is 0 Å². The molecule has 0 fully saturated rings. The number of ether oxygens (including phenoxy) is 1. The lowest BCUT2D eigenvalue weighted by Crippen LogP contribution is -2.49. The van der Waals surface area contributed by atoms with Crippen LogP contribution in [0.3, 0.4) is 0 Å². The van der Waals surface area contributed by atoms with Gasteiger partial charge in [-0.2, -0.15) is 0 Å². The number of carbonyl (C=O) groups excluding carboxylic acids is 1. The Morgan fingerprint density at radius 1 is 1.06 bits per heavy atom. The van der Waals surface area contributed by atoms with E-state index < -0.39 is 36.7 Å². The third-order valence-electron chi connectivity index (χ3n) is 2.91. The molecule has 2 N–H and O–H groups in total. The highest BCUT2D eigenvalue weighted by Gasteiger charge is 2.59. The maximum absolute atomic E-state index is 12.1. The van der Waals surface area contributed by atoms with Crippen LogP contribution in [0.5, 0.6) is 0 Å². The second-order valence-corrected chi connectivity index (χ2v) is 6.96. The van der Waals surface area contributed by atoms with E-state index in [2.05, 4.69) is 0 Å². The Balaban J connectivity index is 5.67. The quantitative estimate of drug-likeness (QED) is 0.588. The van der Waals surface area contributed by atoms with Gasteiger partial charge in [0.25, 0.3) is 0 Å². The van der Waals surface area contributed by atoms with Gasteiger partial charge in [-0.15, -0.1) is 0 Å². The molecule has 0 aromatic carbocycles. The normalized spacial score (nSPS) is 13.6. The van der Waals surface area contributed by atoms with Crippen LogP contribution in [0.2, 0.25) is 0 Å². The molecule has 102 valence electrons. The van der Waals surface area contributed by atoms with Gasteiger partial charge in [0.1, 0.15) is 0 Å². The van der Waals surface area contributed by atoms with Gasteiger partial charge in [0.15, 0.2) is 5.16 Å². The number of esters is 1. The highest BCUT2D eigenvalue weighted by Crippen LogP contribution is 2.59. The first-order valence-corrected chi connectivity index (χ1v) is 7.35. The van der Waals surface area contributed by atoms with Gasteiger partial charge in [0.05, 0.1) is 6.10 Å². The number of hydrogen-bond acceptors (Lipinski definition) is 3. The second-order valence-electron chi connectivity index (χ2n) is 5.13. The van der Waals surface area contributed by atoms with Crippen LogP contribution in [0, 0.1) is 11.8 Å². The molecule has 0 aliphatic heterocycles. The van der Waals surface area contributed by atoms with Crippen molar-refractivity contribution in [3.05, 3.63) is 0 Å². The second kappa shape index (κ2) is 5.51. The molecular weight excluding hydrogens is 243 g/mol. The topological polar surface area (TPSA) is 83.8 Å². The lowest BCUT2D eigenvalue weighted by molar-refractivity contribution is -0.154. The molecule has 0 rings (SSSR count). The molecule has 0 unspecified atom stereocenters. The smallest absolute Gasteiger partial charge is 0.343 e. The highest BCUT2D eigenvalue weighted by molar-refractivity contribution is 7.54. The average Bonchev–Trinajstić information content (AvgIpc) is 1.96. The Morgan fingerprint density at radius 2 is 1.41 bits per heavy atom. The molecule has 6 heteroatoms. The van der Waals surface area contributed by atoms with Gasteiger partial charge in [-0.3, -0.25) is 9.36 Å². The Kier molecular flexibility index (Phi) is 5.38. The van der Waals surface area contributed by atoms with Crippen LogP contribution in [0.4, 0.5) is 0 Å². The third kappa shape index (κ3) is 3.09. The molecule has 0 spiro atoms. The zero-order valence-corrected chi connectivity index (χ0v) is 12.2. The molecule has 0 aliphatic rings. The summed E-state index contributed by atoms with van der Waals surface area (Å²) in [5.41, 5.74) is 0. The third-order valence-corrected chi connectivity index (χ3v) is 5.09. The van der Waals surface area contributed by atoms with Crippen molar-refractivity contribution < 1.29 is 23.9 Å². The largest absolute Gasteiger partial charge is 0.462 e. The fourth-order valence-electron chi connectivity index (χ4n) is 2.24. The monoisotopic (exact) mass is 266 g/mol. The van der Waals surface area contributed by atoms with E-state index in [0.717, 1.165) is 0 Å². The summed E-state index contributed by atoms with van der Waals surface area (Å²) in [5, 5.41) is -1.77. The van der Waals surface area contributed by atoms with Crippen molar-refractivity contribution in [1.82, 2.24) is 0 Å². The fourth-order valence-corrected chi connectivity index (χ4v) is 3.87. The zero-order chi connectivity index (χ0) is 14.0. The van der Waals surface area contributed by atoms with Gasteiger partial charge < -0.3 is 14.5 Å². The molecule has 0 aromatic heterocycles. The van der Waals surface area contributed by atoms with Crippen LogP contribution in [0.25, 0.3) is 0 Å². The summed E-state index contributed by atoms with van der Waals surface area (Å²) >= 11 is 0. The van der Waals surface area contributed by atoms with E-state index in [0.29, 0.717) is 0 Å². The van der Waals surface area contributed by atoms with E-state index >= 15 is 0 Å². The predicted octanol–water partition coefficient (Wildman–Crippen LogP) is 2.17. The Labute approximate surface area is 103 Å². The zero-order valence-electron chi connectivity index (χ0n) is 11.3. The minimum absolute atomic E-state index is 0.397. The molecule has 0 aliphatic carbocycles. The minimum atomic E-state index is -4.61. The molecule has 0 saturated carbocycles. The standard InChI is InChI=1S/C11H23O5P/c1-7(2)11(8(3)4,17(13,14)15)10(12)16-9(5)6/h7-9H,1-6H3,(H2,13,14,15). The molecule has 5 nitrogen and oxygen atoms in total. The van der Waals surface area contributed by atoms with Gasteiger partial charge in [0, 0.05) is 0 Å². The highest BCUT2D eigenvalue weighted by atomic mass is 31.2. The summed E-state index contributed by atoms with van der Waals surface area (Å²) in [4.78, 5) is 31.2. The maximum Gasteiger partial charge on any atom is 0.343 e. The summed E-state index contributed by atoms with van der Waals surface area (Å²) in [6.07, 6.45) is -0.397. The first kappa shape index (κ1) is 16.6. The fraction of sp³-hybridized carbons (Fsp3) is 0.909. The summed E-state index contributed by atoms with van der Waals surface area (Å²) in [7, 11) is -4.61. The minimum Gasteiger partial charge on any atom is -0.462 e. The molecule has 0 amide bonds. The molecule has 0 saturated heterocycles. The van der Waals surface area contributed by atoms with E-state index in [1.807, 2.05) is 0 Å². The number of hydrogen-bond donors (Lipinski definition) is 2. The van der Waals surface area contributed by atoms with E-state index in [1.54, 1.807) is 41.5 Å². The van der Waals surface area contributed by atoms with E-state index in [9.17, 15) is 19.1 Å². The lowest BCUT2D eigenvalue weighted by Gasteiger charge is -2.39. The lowest BCUT2D eigenvalue weighted by atomic mass is 9.84. The molecule has 0 bridgehead atoms. The first-order valence-electron chi connectivity index (χ1n) is 5.74. The van der Waals surface area contributed by atoms with Gasteiger partial charge in [-0.1, -0.05) is 27.7 Å². The first-order chi connectivity index (χ1) is 7.47. The predicted molar refractivity (Wildman–Crippen MR) is 65.7 cm³/mol. The van der Waals surface area contributed by atoms with Crippen molar-refractivity contribution in [3.8, 4) is 0 Å². The van der Waals surface area contributed by atoms with E-state index in [1.165, 1.54) is 0 Å². The van der Waals surface area contributed by atoms with Gasteiger partial charge >= 0.3 is 13.6 Å². The summed E-state index contributed by atoms with van der Waals surface area (Å²) in [5.74, 6) is -1.82. The van der Waals surface area contributed by atoms with Gasteiger partial charge in [-0.25, -0.2) is 0 Å². The van der Waals surface area contributed by atoms with Crippen LogP contribution >= 0.6 is 7.60 Å². The molecule has 0 heterocycles. The van der Waals surface area contributed by atoms with E-state index in [-0.39, 0.29) is 0 Å². The van der Waals surface area contributed by atoms with Gasteiger partial charge in [0.2, 0.25) is 0 Å². The van der Waals surface area contributed by atoms with Crippen LogP contribution in [-0.4, -0.2) is 27.0 Å². The van der Waals surface area contributed by atoms with Crippen molar-refractivity contribution in [2.24, 2.45) is 11.8 Å². The van der Waals surface area contributed by atoms with Crippen molar-refractivity contribution >= 4 is 13.6 Å². The van der Waals surface area contributed by atoms with Crippen LogP contribution < -0.4 is 0 Å². The molecule has 0 radical (unpaired) electrons. The van der Waals surface area contributed by atoms with Crippen LogP contribution in [-0.2, 0) is 14.1 Å². The molecule has 0 atom stereocenters.